The molecule has 2 atom stereocenters. The number of aliphatic hydroxyl groups excluding tert-OH is 1. The molecule has 1 heterocycles. The number of amides is 2. The molecule has 1 fully saturated rings. The van der Waals surface area contributed by atoms with E-state index in [0.29, 0.717) is 12.1 Å². The van der Waals surface area contributed by atoms with Crippen LogP contribution in [0.3, 0.4) is 0 Å². The van der Waals surface area contributed by atoms with Crippen molar-refractivity contribution in [2.75, 3.05) is 13.1 Å². The lowest BCUT2D eigenvalue weighted by molar-refractivity contribution is -0.121. The minimum Gasteiger partial charge on any atom is -0.391 e. The average Bonchev–Trinajstić information content (AvgIpc) is 2.81. The fourth-order valence-corrected chi connectivity index (χ4v) is 2.45. The Hall–Kier alpha value is -1.92. The predicted octanol–water partition coefficient (Wildman–Crippen LogP) is -0.751. The van der Waals surface area contributed by atoms with Crippen LogP contribution >= 0.6 is 0 Å². The fourth-order valence-electron chi connectivity index (χ4n) is 2.45. The van der Waals surface area contributed by atoms with Gasteiger partial charge in [-0.25, -0.2) is 0 Å². The zero-order chi connectivity index (χ0) is 14.7. The number of aliphatic hydroxyl groups is 1. The summed E-state index contributed by atoms with van der Waals surface area (Å²) < 4.78 is 0. The normalized spacial score (nSPS) is 22.0. The molecule has 0 bridgehead atoms. The van der Waals surface area contributed by atoms with E-state index in [1.807, 2.05) is 12.1 Å². The molecule has 0 saturated carbocycles. The second-order valence-corrected chi connectivity index (χ2v) is 5.00. The van der Waals surface area contributed by atoms with Gasteiger partial charge in [0, 0.05) is 18.5 Å². The maximum Gasteiger partial charge on any atom is 0.254 e. The molecule has 6 heteroatoms. The van der Waals surface area contributed by atoms with Gasteiger partial charge in [0.2, 0.25) is 5.91 Å². The fraction of sp³-hybridized carbons (Fsp3) is 0.429. The van der Waals surface area contributed by atoms with Gasteiger partial charge in [0.1, 0.15) is 6.04 Å². The Morgan fingerprint density at radius 2 is 1.95 bits per heavy atom. The van der Waals surface area contributed by atoms with E-state index in [1.54, 1.807) is 12.1 Å². The lowest BCUT2D eigenvalue weighted by Gasteiger charge is -2.22. The second kappa shape index (κ2) is 6.02. The van der Waals surface area contributed by atoms with Gasteiger partial charge in [-0.05, 0) is 30.7 Å². The summed E-state index contributed by atoms with van der Waals surface area (Å²) in [6.07, 6.45) is 0.251. The SMILES string of the molecule is NCCc1ccc(C(=O)N2CC(O)CC2C(N)=O)cc1. The van der Waals surface area contributed by atoms with Gasteiger partial charge in [-0.15, -0.1) is 0 Å². The van der Waals surface area contributed by atoms with Crippen molar-refractivity contribution in [3.05, 3.63) is 35.4 Å². The third kappa shape index (κ3) is 2.97. The predicted molar refractivity (Wildman–Crippen MR) is 73.8 cm³/mol. The number of benzene rings is 1. The summed E-state index contributed by atoms with van der Waals surface area (Å²) in [6.45, 7) is 0.687. The van der Waals surface area contributed by atoms with Gasteiger partial charge >= 0.3 is 0 Å². The van der Waals surface area contributed by atoms with Crippen molar-refractivity contribution < 1.29 is 14.7 Å². The summed E-state index contributed by atoms with van der Waals surface area (Å²) in [5.74, 6) is -0.876. The van der Waals surface area contributed by atoms with Gasteiger partial charge in [0.25, 0.3) is 5.91 Å². The minimum atomic E-state index is -0.735. The van der Waals surface area contributed by atoms with Gasteiger partial charge < -0.3 is 21.5 Å². The standard InChI is InChI=1S/C14H19N3O3/c15-6-5-9-1-3-10(4-2-9)14(20)17-8-11(18)7-12(17)13(16)19/h1-4,11-12,18H,5-8,15H2,(H2,16,19). The molecule has 2 unspecified atom stereocenters. The summed E-state index contributed by atoms with van der Waals surface area (Å²) in [6, 6.07) is 6.35. The smallest absolute Gasteiger partial charge is 0.254 e. The van der Waals surface area contributed by atoms with Gasteiger partial charge in [-0.3, -0.25) is 9.59 Å². The van der Waals surface area contributed by atoms with Crippen LogP contribution in [-0.2, 0) is 11.2 Å². The first-order chi connectivity index (χ1) is 9.52. The lowest BCUT2D eigenvalue weighted by Crippen LogP contribution is -2.43. The van der Waals surface area contributed by atoms with Crippen molar-refractivity contribution >= 4 is 11.8 Å². The Bertz CT molecular complexity index is 501. The van der Waals surface area contributed by atoms with E-state index in [9.17, 15) is 14.7 Å². The van der Waals surface area contributed by atoms with Crippen LogP contribution in [-0.4, -0.2) is 47.1 Å². The number of hydrogen-bond donors (Lipinski definition) is 3. The highest BCUT2D eigenvalue weighted by Gasteiger charge is 2.37. The monoisotopic (exact) mass is 277 g/mol. The lowest BCUT2D eigenvalue weighted by atomic mass is 10.1. The molecule has 5 N–H and O–H groups in total. The molecular formula is C14H19N3O3. The molecule has 108 valence electrons. The van der Waals surface area contributed by atoms with Crippen LogP contribution in [0.15, 0.2) is 24.3 Å². The third-order valence-electron chi connectivity index (χ3n) is 3.50. The summed E-state index contributed by atoms with van der Waals surface area (Å²) in [7, 11) is 0. The Kier molecular flexibility index (Phi) is 4.36. The number of primary amides is 1. The van der Waals surface area contributed by atoms with Crippen molar-refractivity contribution in [3.8, 4) is 0 Å². The Labute approximate surface area is 117 Å². The first kappa shape index (κ1) is 14.5. The van der Waals surface area contributed by atoms with E-state index < -0.39 is 18.1 Å². The van der Waals surface area contributed by atoms with Gasteiger partial charge in [-0.2, -0.15) is 0 Å². The van der Waals surface area contributed by atoms with Crippen LogP contribution in [0.2, 0.25) is 0 Å². The van der Waals surface area contributed by atoms with E-state index in [0.717, 1.165) is 12.0 Å². The van der Waals surface area contributed by atoms with Crippen LogP contribution in [0.1, 0.15) is 22.3 Å². The Morgan fingerprint density at radius 1 is 1.30 bits per heavy atom. The van der Waals surface area contributed by atoms with E-state index in [4.69, 9.17) is 11.5 Å². The number of likely N-dealkylation sites (tertiary alicyclic amines) is 1. The first-order valence-electron chi connectivity index (χ1n) is 6.60. The first-order valence-corrected chi connectivity index (χ1v) is 6.60. The van der Waals surface area contributed by atoms with Crippen LogP contribution in [0.5, 0.6) is 0 Å². The Balaban J connectivity index is 2.15. The number of β-amino-alcohol motifs (C(OH)–C–C–N with tert-alkyl or cyclic N) is 1. The zero-order valence-corrected chi connectivity index (χ0v) is 11.2. The number of nitrogens with two attached hydrogens (primary N) is 2. The molecule has 1 aromatic rings. The number of rotatable bonds is 4. The molecular weight excluding hydrogens is 258 g/mol. The molecule has 20 heavy (non-hydrogen) atoms. The molecule has 0 radical (unpaired) electrons. The Morgan fingerprint density at radius 3 is 2.50 bits per heavy atom. The topological polar surface area (TPSA) is 110 Å². The number of hydrogen-bond acceptors (Lipinski definition) is 4. The summed E-state index contributed by atoms with van der Waals surface area (Å²) in [5, 5.41) is 9.61. The molecule has 1 saturated heterocycles. The largest absolute Gasteiger partial charge is 0.391 e. The van der Waals surface area contributed by atoms with Crippen LogP contribution in [0.4, 0.5) is 0 Å². The van der Waals surface area contributed by atoms with E-state index in [-0.39, 0.29) is 18.9 Å². The van der Waals surface area contributed by atoms with Crippen molar-refractivity contribution in [2.45, 2.75) is 25.0 Å². The molecule has 0 spiro atoms. The van der Waals surface area contributed by atoms with Crippen molar-refractivity contribution in [3.63, 3.8) is 0 Å². The molecule has 6 nitrogen and oxygen atoms in total. The zero-order valence-electron chi connectivity index (χ0n) is 11.2. The highest BCUT2D eigenvalue weighted by Crippen LogP contribution is 2.20. The highest BCUT2D eigenvalue weighted by molar-refractivity contribution is 5.97. The third-order valence-corrected chi connectivity index (χ3v) is 3.50. The van der Waals surface area contributed by atoms with E-state index in [2.05, 4.69) is 0 Å². The van der Waals surface area contributed by atoms with Gasteiger partial charge in [0.15, 0.2) is 0 Å². The van der Waals surface area contributed by atoms with Crippen LogP contribution in [0.25, 0.3) is 0 Å². The number of carbonyl (C=O) groups excluding carboxylic acids is 2. The van der Waals surface area contributed by atoms with Crippen LogP contribution < -0.4 is 11.5 Å². The van der Waals surface area contributed by atoms with E-state index in [1.165, 1.54) is 4.90 Å². The molecule has 2 rings (SSSR count). The average molecular weight is 277 g/mol. The number of nitrogens with zero attached hydrogens (tertiary/aromatic N) is 1. The number of carbonyl (C=O) groups is 2. The summed E-state index contributed by atoms with van der Waals surface area (Å²) >= 11 is 0. The molecule has 1 aromatic carbocycles. The van der Waals surface area contributed by atoms with Crippen molar-refractivity contribution in [1.82, 2.24) is 4.90 Å². The molecule has 0 aliphatic carbocycles. The maximum atomic E-state index is 12.4. The minimum absolute atomic E-state index is 0.136. The second-order valence-electron chi connectivity index (χ2n) is 5.00. The summed E-state index contributed by atoms with van der Waals surface area (Å²) in [5.41, 5.74) is 12.3. The van der Waals surface area contributed by atoms with Gasteiger partial charge in [0.05, 0.1) is 6.10 Å². The van der Waals surface area contributed by atoms with E-state index >= 15 is 0 Å². The molecule has 2 amide bonds. The molecule has 1 aliphatic heterocycles. The highest BCUT2D eigenvalue weighted by atomic mass is 16.3. The summed E-state index contributed by atoms with van der Waals surface area (Å²) in [4.78, 5) is 25.0. The van der Waals surface area contributed by atoms with Crippen molar-refractivity contribution in [2.24, 2.45) is 11.5 Å². The molecule has 0 aromatic heterocycles. The van der Waals surface area contributed by atoms with Crippen LogP contribution in [0, 0.1) is 0 Å². The molecule has 1 aliphatic rings. The maximum absolute atomic E-state index is 12.4. The van der Waals surface area contributed by atoms with Crippen molar-refractivity contribution in [1.29, 1.82) is 0 Å². The quantitative estimate of drug-likeness (QED) is 0.672. The van der Waals surface area contributed by atoms with Gasteiger partial charge in [-0.1, -0.05) is 12.1 Å².